The summed E-state index contributed by atoms with van der Waals surface area (Å²) in [4.78, 5) is 12.3. The minimum atomic E-state index is 0.0862. The number of unbranched alkanes of at least 4 members (excludes halogenated alkanes) is 2. The van der Waals surface area contributed by atoms with Crippen LogP contribution >= 0.6 is 0 Å². The van der Waals surface area contributed by atoms with E-state index in [2.05, 4.69) is 35.6 Å². The van der Waals surface area contributed by atoms with Crippen molar-refractivity contribution >= 4 is 5.91 Å². The van der Waals surface area contributed by atoms with E-state index in [9.17, 15) is 4.79 Å². The maximum atomic E-state index is 12.3. The number of nitrogens with two attached hydrogens (primary N) is 1. The van der Waals surface area contributed by atoms with E-state index in [1.54, 1.807) is 0 Å². The first kappa shape index (κ1) is 15.5. The molecule has 0 saturated heterocycles. The Morgan fingerprint density at radius 1 is 1.09 bits per heavy atom. The van der Waals surface area contributed by atoms with Crippen molar-refractivity contribution in [2.75, 3.05) is 6.54 Å². The zero-order valence-electron chi connectivity index (χ0n) is 13.3. The maximum Gasteiger partial charge on any atom is 0.224 e. The van der Waals surface area contributed by atoms with E-state index in [0.29, 0.717) is 11.8 Å². The van der Waals surface area contributed by atoms with Crippen LogP contribution in [0.3, 0.4) is 0 Å². The first-order valence-corrected chi connectivity index (χ1v) is 8.83. The average Bonchev–Trinajstić information content (AvgIpc) is 3.12. The van der Waals surface area contributed by atoms with Crippen LogP contribution in [-0.2, 0) is 11.2 Å². The molecule has 4 unspecified atom stereocenters. The molecule has 0 aromatic heterocycles. The number of hydrogen-bond acceptors (Lipinski definition) is 2. The van der Waals surface area contributed by atoms with Crippen molar-refractivity contribution in [3.63, 3.8) is 0 Å². The van der Waals surface area contributed by atoms with Gasteiger partial charge in [0.15, 0.2) is 0 Å². The molecule has 4 atom stereocenters. The van der Waals surface area contributed by atoms with Gasteiger partial charge >= 0.3 is 0 Å². The zero-order chi connectivity index (χ0) is 15.4. The van der Waals surface area contributed by atoms with Crippen molar-refractivity contribution in [3.05, 3.63) is 35.9 Å². The van der Waals surface area contributed by atoms with Crippen LogP contribution in [0.5, 0.6) is 0 Å². The van der Waals surface area contributed by atoms with Crippen LogP contribution in [-0.4, -0.2) is 18.5 Å². The number of aryl methyl sites for hydroxylation is 1. The Morgan fingerprint density at radius 2 is 1.86 bits per heavy atom. The van der Waals surface area contributed by atoms with Crippen LogP contribution in [0.4, 0.5) is 0 Å². The smallest absolute Gasteiger partial charge is 0.224 e. The van der Waals surface area contributed by atoms with Crippen molar-refractivity contribution < 1.29 is 4.79 Å². The first-order valence-electron chi connectivity index (χ1n) is 8.83. The van der Waals surface area contributed by atoms with Crippen LogP contribution in [0.15, 0.2) is 30.3 Å². The molecule has 2 aliphatic carbocycles. The van der Waals surface area contributed by atoms with E-state index in [4.69, 9.17) is 5.73 Å². The van der Waals surface area contributed by atoms with Gasteiger partial charge in [0.05, 0.1) is 5.92 Å². The van der Waals surface area contributed by atoms with Crippen molar-refractivity contribution in [1.82, 2.24) is 5.32 Å². The molecule has 2 aliphatic rings. The van der Waals surface area contributed by atoms with E-state index >= 15 is 0 Å². The fourth-order valence-corrected chi connectivity index (χ4v) is 4.33. The lowest BCUT2D eigenvalue weighted by Gasteiger charge is -2.27. The second-order valence-corrected chi connectivity index (χ2v) is 7.02. The van der Waals surface area contributed by atoms with Gasteiger partial charge in [0, 0.05) is 12.6 Å². The van der Waals surface area contributed by atoms with E-state index < -0.39 is 0 Å². The number of rotatable bonds is 7. The number of carbonyl (C=O) groups excluding carboxylic acids is 1. The molecule has 2 fully saturated rings. The largest absolute Gasteiger partial charge is 0.356 e. The molecule has 22 heavy (non-hydrogen) atoms. The van der Waals surface area contributed by atoms with Gasteiger partial charge in [0.25, 0.3) is 0 Å². The van der Waals surface area contributed by atoms with Crippen molar-refractivity contribution in [1.29, 1.82) is 0 Å². The van der Waals surface area contributed by atoms with Gasteiger partial charge in [-0.2, -0.15) is 0 Å². The second-order valence-electron chi connectivity index (χ2n) is 7.02. The topological polar surface area (TPSA) is 55.1 Å². The predicted molar refractivity (Wildman–Crippen MR) is 89.3 cm³/mol. The lowest BCUT2D eigenvalue weighted by Crippen LogP contribution is -2.45. The number of nitrogens with one attached hydrogen (secondary N) is 1. The lowest BCUT2D eigenvalue weighted by atomic mass is 9.84. The molecule has 120 valence electrons. The van der Waals surface area contributed by atoms with Crippen LogP contribution in [0.1, 0.15) is 44.1 Å². The summed E-state index contributed by atoms with van der Waals surface area (Å²) < 4.78 is 0. The maximum absolute atomic E-state index is 12.3. The minimum Gasteiger partial charge on any atom is -0.356 e. The van der Waals surface area contributed by atoms with Gasteiger partial charge in [0.1, 0.15) is 0 Å². The predicted octanol–water partition coefficient (Wildman–Crippen LogP) is 2.89. The van der Waals surface area contributed by atoms with Gasteiger partial charge < -0.3 is 11.1 Å². The van der Waals surface area contributed by atoms with Crippen molar-refractivity contribution in [3.8, 4) is 0 Å². The molecule has 3 nitrogen and oxygen atoms in total. The highest BCUT2D eigenvalue weighted by Crippen LogP contribution is 2.47. The van der Waals surface area contributed by atoms with Crippen LogP contribution in [0.25, 0.3) is 0 Å². The first-order chi connectivity index (χ1) is 10.8. The summed E-state index contributed by atoms with van der Waals surface area (Å²) in [6.45, 7) is 0.800. The monoisotopic (exact) mass is 300 g/mol. The Labute approximate surface area is 133 Å². The van der Waals surface area contributed by atoms with E-state index in [1.165, 1.54) is 31.2 Å². The molecule has 0 spiro atoms. The number of amides is 1. The number of carbonyl (C=O) groups is 1. The van der Waals surface area contributed by atoms with Crippen molar-refractivity contribution in [2.45, 2.75) is 51.0 Å². The molecule has 0 heterocycles. The summed E-state index contributed by atoms with van der Waals surface area (Å²) in [5, 5.41) is 3.12. The molecular weight excluding hydrogens is 272 g/mol. The fourth-order valence-electron chi connectivity index (χ4n) is 4.33. The molecule has 3 heteroatoms. The highest BCUT2D eigenvalue weighted by Gasteiger charge is 2.48. The third kappa shape index (κ3) is 3.52. The molecule has 2 saturated carbocycles. The molecule has 3 rings (SSSR count). The molecule has 1 aromatic rings. The summed E-state index contributed by atoms with van der Waals surface area (Å²) >= 11 is 0. The Kier molecular flexibility index (Phi) is 5.14. The van der Waals surface area contributed by atoms with Gasteiger partial charge in [0.2, 0.25) is 5.91 Å². The summed E-state index contributed by atoms with van der Waals surface area (Å²) in [7, 11) is 0. The van der Waals surface area contributed by atoms with Crippen LogP contribution in [0, 0.1) is 17.8 Å². The Balaban J connectivity index is 1.30. The van der Waals surface area contributed by atoms with Crippen LogP contribution in [0.2, 0.25) is 0 Å². The van der Waals surface area contributed by atoms with Gasteiger partial charge in [-0.25, -0.2) is 0 Å². The average molecular weight is 300 g/mol. The normalized spacial score (nSPS) is 29.7. The molecule has 1 amide bonds. The standard InChI is InChI=1S/C19H28N2O/c20-18-16-11-10-15(13-16)17(18)19(22)21-12-6-2-5-9-14-7-3-1-4-8-14/h1,3-4,7-8,15-18H,2,5-6,9-13,20H2,(H,21,22). The lowest BCUT2D eigenvalue weighted by molar-refractivity contribution is -0.127. The molecule has 0 aliphatic heterocycles. The summed E-state index contributed by atoms with van der Waals surface area (Å²) in [6.07, 6.45) is 8.16. The number of benzene rings is 1. The van der Waals surface area contributed by atoms with Crippen molar-refractivity contribution in [2.24, 2.45) is 23.5 Å². The zero-order valence-corrected chi connectivity index (χ0v) is 13.3. The second kappa shape index (κ2) is 7.28. The van der Waals surface area contributed by atoms with Gasteiger partial charge in [-0.05, 0) is 55.9 Å². The molecular formula is C19H28N2O. The van der Waals surface area contributed by atoms with Gasteiger partial charge in [-0.15, -0.1) is 0 Å². The van der Waals surface area contributed by atoms with Gasteiger partial charge in [-0.1, -0.05) is 36.8 Å². The SMILES string of the molecule is NC1C2CCC(C2)C1C(=O)NCCCCCc1ccccc1. The molecule has 3 N–H and O–H groups in total. The minimum absolute atomic E-state index is 0.0862. The number of hydrogen-bond donors (Lipinski definition) is 2. The summed E-state index contributed by atoms with van der Waals surface area (Å²) in [5.74, 6) is 1.45. The third-order valence-corrected chi connectivity index (χ3v) is 5.57. The highest BCUT2D eigenvalue weighted by atomic mass is 16.1. The third-order valence-electron chi connectivity index (χ3n) is 5.57. The van der Waals surface area contributed by atoms with Crippen LogP contribution < -0.4 is 11.1 Å². The highest BCUT2D eigenvalue weighted by molar-refractivity contribution is 5.80. The summed E-state index contributed by atoms with van der Waals surface area (Å²) in [5.41, 5.74) is 7.62. The van der Waals surface area contributed by atoms with E-state index in [-0.39, 0.29) is 17.9 Å². The molecule has 1 aromatic carbocycles. The fraction of sp³-hybridized carbons (Fsp3) is 0.632. The Morgan fingerprint density at radius 3 is 2.59 bits per heavy atom. The Bertz CT molecular complexity index is 485. The van der Waals surface area contributed by atoms with Gasteiger partial charge in [-0.3, -0.25) is 4.79 Å². The molecule has 2 bridgehead atoms. The van der Waals surface area contributed by atoms with E-state index in [1.807, 2.05) is 0 Å². The summed E-state index contributed by atoms with van der Waals surface area (Å²) in [6, 6.07) is 10.7. The number of fused-ring (bicyclic) bond motifs is 2. The van der Waals surface area contributed by atoms with E-state index in [0.717, 1.165) is 25.8 Å². The Hall–Kier alpha value is -1.35. The molecule has 0 radical (unpaired) electrons. The quantitative estimate of drug-likeness (QED) is 0.761.